The summed E-state index contributed by atoms with van der Waals surface area (Å²) < 4.78 is 5.56. The molecule has 8 nitrogen and oxygen atoms in total. The number of aryl methyl sites for hydroxylation is 1. The molecule has 1 aromatic heterocycles. The molecular formula is C24H27N3O5S. The molecule has 1 aromatic carbocycles. The minimum Gasteiger partial charge on any atom is -0.494 e. The number of thiophene rings is 1. The largest absolute Gasteiger partial charge is 0.494 e. The van der Waals surface area contributed by atoms with Crippen LogP contribution in [0.15, 0.2) is 29.6 Å². The predicted molar refractivity (Wildman–Crippen MR) is 123 cm³/mol. The monoisotopic (exact) mass is 469 g/mol. The zero-order valence-electron chi connectivity index (χ0n) is 18.5. The molecule has 2 aliphatic heterocycles. The number of nitrogens with one attached hydrogen (secondary N) is 1. The third-order valence-electron chi connectivity index (χ3n) is 6.04. The summed E-state index contributed by atoms with van der Waals surface area (Å²) in [5, 5.41) is 4.10. The number of amides is 3. The number of carbonyl (C=O) groups is 4. The molecule has 0 radical (unpaired) electrons. The van der Waals surface area contributed by atoms with Crippen molar-refractivity contribution in [3.05, 3.63) is 51.2 Å². The summed E-state index contributed by atoms with van der Waals surface area (Å²) in [6.45, 7) is 2.99. The number of rotatable bonds is 9. The number of fused-ring (bicyclic) bond motifs is 1. The van der Waals surface area contributed by atoms with Gasteiger partial charge >= 0.3 is 0 Å². The van der Waals surface area contributed by atoms with E-state index in [1.54, 1.807) is 5.38 Å². The highest BCUT2D eigenvalue weighted by atomic mass is 32.1. The van der Waals surface area contributed by atoms with Gasteiger partial charge in [-0.3, -0.25) is 24.5 Å². The van der Waals surface area contributed by atoms with Crippen molar-refractivity contribution in [1.82, 2.24) is 10.2 Å². The molecule has 33 heavy (non-hydrogen) atoms. The second-order valence-electron chi connectivity index (χ2n) is 8.31. The summed E-state index contributed by atoms with van der Waals surface area (Å²) in [6.07, 6.45) is 2.21. The Hall–Kier alpha value is -3.04. The average molecular weight is 470 g/mol. The fourth-order valence-corrected chi connectivity index (χ4v) is 5.22. The highest BCUT2D eigenvalue weighted by molar-refractivity contribution is 7.10. The number of carbonyl (C=O) groups excluding carboxylic acids is 4. The number of benzene rings is 1. The summed E-state index contributed by atoms with van der Waals surface area (Å²) in [6, 6.07) is 5.90. The number of hydrogen-bond acceptors (Lipinski definition) is 7. The van der Waals surface area contributed by atoms with Crippen molar-refractivity contribution in [3.8, 4) is 5.75 Å². The quantitative estimate of drug-likeness (QED) is 0.545. The van der Waals surface area contributed by atoms with Crippen LogP contribution in [-0.4, -0.2) is 41.1 Å². The lowest BCUT2D eigenvalue weighted by Crippen LogP contribution is -2.52. The van der Waals surface area contributed by atoms with Crippen LogP contribution in [0.5, 0.6) is 5.75 Å². The molecule has 3 N–H and O–H groups in total. The summed E-state index contributed by atoms with van der Waals surface area (Å²) in [5.41, 5.74) is 8.37. The Morgan fingerprint density at radius 1 is 1.27 bits per heavy atom. The minimum atomic E-state index is -0.722. The van der Waals surface area contributed by atoms with Gasteiger partial charge in [-0.25, -0.2) is 0 Å². The van der Waals surface area contributed by atoms with Crippen LogP contribution in [0.2, 0.25) is 0 Å². The fourth-order valence-electron chi connectivity index (χ4n) is 4.18. The van der Waals surface area contributed by atoms with E-state index >= 15 is 0 Å². The highest BCUT2D eigenvalue weighted by Crippen LogP contribution is 2.34. The van der Waals surface area contributed by atoms with E-state index in [0.29, 0.717) is 31.6 Å². The summed E-state index contributed by atoms with van der Waals surface area (Å²) in [4.78, 5) is 51.7. The van der Waals surface area contributed by atoms with E-state index < -0.39 is 18.0 Å². The molecule has 2 atom stereocenters. The van der Waals surface area contributed by atoms with E-state index in [-0.39, 0.29) is 30.4 Å². The van der Waals surface area contributed by atoms with Gasteiger partial charge in [0.05, 0.1) is 18.2 Å². The van der Waals surface area contributed by atoms with Crippen LogP contribution < -0.4 is 15.8 Å². The van der Waals surface area contributed by atoms with E-state index in [2.05, 4.69) is 5.32 Å². The molecular weight excluding hydrogens is 442 g/mol. The molecule has 1 saturated heterocycles. The minimum absolute atomic E-state index is 0.0780. The first kappa shape index (κ1) is 23.1. The van der Waals surface area contributed by atoms with Gasteiger partial charge in [0.15, 0.2) is 5.78 Å². The van der Waals surface area contributed by atoms with E-state index in [1.807, 2.05) is 31.2 Å². The topological polar surface area (TPSA) is 119 Å². The van der Waals surface area contributed by atoms with Crippen LogP contribution in [0.25, 0.3) is 0 Å². The first-order valence-corrected chi connectivity index (χ1v) is 12.0. The molecule has 9 heteroatoms. The van der Waals surface area contributed by atoms with Crippen molar-refractivity contribution in [2.75, 3.05) is 6.61 Å². The number of ketones is 1. The Labute approximate surface area is 196 Å². The number of piperidine rings is 1. The van der Waals surface area contributed by atoms with Gasteiger partial charge in [-0.2, -0.15) is 0 Å². The number of imide groups is 1. The molecule has 0 aliphatic carbocycles. The van der Waals surface area contributed by atoms with Crippen LogP contribution in [-0.2, 0) is 27.3 Å². The Bertz CT molecular complexity index is 1080. The van der Waals surface area contributed by atoms with Crippen molar-refractivity contribution in [2.24, 2.45) is 5.73 Å². The van der Waals surface area contributed by atoms with E-state index in [0.717, 1.165) is 28.2 Å². The van der Waals surface area contributed by atoms with Gasteiger partial charge in [0, 0.05) is 29.6 Å². The molecule has 2 unspecified atom stereocenters. The molecule has 3 amide bonds. The normalized spacial score (nSPS) is 18.8. The molecule has 174 valence electrons. The van der Waals surface area contributed by atoms with Gasteiger partial charge < -0.3 is 15.4 Å². The third kappa shape index (κ3) is 4.84. The van der Waals surface area contributed by atoms with Crippen molar-refractivity contribution in [3.63, 3.8) is 0 Å². The maximum atomic E-state index is 12.8. The average Bonchev–Trinajstić information content (AvgIpc) is 3.36. The molecule has 0 bridgehead atoms. The maximum Gasteiger partial charge on any atom is 0.256 e. The van der Waals surface area contributed by atoms with Gasteiger partial charge in [-0.15, -0.1) is 11.3 Å². The van der Waals surface area contributed by atoms with Gasteiger partial charge in [-0.05, 0) is 42.5 Å². The van der Waals surface area contributed by atoms with Gasteiger partial charge in [0.2, 0.25) is 11.8 Å². The highest BCUT2D eigenvalue weighted by Gasteiger charge is 2.40. The summed E-state index contributed by atoms with van der Waals surface area (Å²) in [5.74, 6) is -0.265. The molecule has 1 fully saturated rings. The Morgan fingerprint density at radius 3 is 2.73 bits per heavy atom. The zero-order chi connectivity index (χ0) is 23.5. The fraction of sp³-hybridized carbons (Fsp3) is 0.417. The van der Waals surface area contributed by atoms with E-state index in [9.17, 15) is 19.2 Å². The number of nitrogens with two attached hydrogens (primary N) is 1. The van der Waals surface area contributed by atoms with Crippen molar-refractivity contribution >= 4 is 34.8 Å². The SMILES string of the molecule is CCCOc1ccc(C(N)C(=O)CCc2scc3c2CN(C2CCC(=O)NC2=O)C3=O)cc1. The second-order valence-corrected chi connectivity index (χ2v) is 9.28. The summed E-state index contributed by atoms with van der Waals surface area (Å²) >= 11 is 1.45. The Balaban J connectivity index is 1.36. The van der Waals surface area contributed by atoms with Gasteiger partial charge in [0.25, 0.3) is 5.91 Å². The first-order valence-electron chi connectivity index (χ1n) is 11.1. The first-order chi connectivity index (χ1) is 15.9. The number of Topliss-reactive ketones (excluding diaryl/α,β-unsaturated/α-hetero) is 1. The van der Waals surface area contributed by atoms with Crippen molar-refractivity contribution in [1.29, 1.82) is 0 Å². The lowest BCUT2D eigenvalue weighted by Gasteiger charge is -2.29. The third-order valence-corrected chi connectivity index (χ3v) is 7.13. The molecule has 2 aliphatic rings. The van der Waals surface area contributed by atoms with Crippen molar-refractivity contribution in [2.45, 2.75) is 57.7 Å². The standard InChI is InChI=1S/C24H27N3O5S/c1-2-11-32-15-5-3-14(4-6-15)22(25)19(28)8-9-20-16-12-27(24(31)17(16)13-33-20)18-7-10-21(29)26-23(18)30/h3-6,13,18,22H,2,7-12,25H2,1H3,(H,26,29,30). The van der Waals surface area contributed by atoms with Crippen molar-refractivity contribution < 1.29 is 23.9 Å². The van der Waals surface area contributed by atoms with Crippen LogP contribution >= 0.6 is 11.3 Å². The predicted octanol–water partition coefficient (Wildman–Crippen LogP) is 2.50. The van der Waals surface area contributed by atoms with Crippen LogP contribution in [0.1, 0.15) is 65.0 Å². The smallest absolute Gasteiger partial charge is 0.256 e. The molecule has 0 saturated carbocycles. The second kappa shape index (κ2) is 9.84. The number of nitrogens with zero attached hydrogens (tertiary/aromatic N) is 1. The van der Waals surface area contributed by atoms with Gasteiger partial charge in [0.1, 0.15) is 11.8 Å². The van der Waals surface area contributed by atoms with E-state index in [4.69, 9.17) is 10.5 Å². The molecule has 0 spiro atoms. The van der Waals surface area contributed by atoms with Crippen LogP contribution in [0.3, 0.4) is 0 Å². The summed E-state index contributed by atoms with van der Waals surface area (Å²) in [7, 11) is 0. The number of hydrogen-bond donors (Lipinski definition) is 2. The maximum absolute atomic E-state index is 12.8. The lowest BCUT2D eigenvalue weighted by molar-refractivity contribution is -0.137. The Morgan fingerprint density at radius 2 is 2.03 bits per heavy atom. The zero-order valence-corrected chi connectivity index (χ0v) is 19.3. The molecule has 2 aromatic rings. The van der Waals surface area contributed by atoms with E-state index in [1.165, 1.54) is 16.2 Å². The molecule has 4 rings (SSSR count). The van der Waals surface area contributed by atoms with Crippen LogP contribution in [0, 0.1) is 0 Å². The number of ether oxygens (including phenoxy) is 1. The molecule has 3 heterocycles. The van der Waals surface area contributed by atoms with Gasteiger partial charge in [-0.1, -0.05) is 19.1 Å². The van der Waals surface area contributed by atoms with Crippen LogP contribution in [0.4, 0.5) is 0 Å². The lowest BCUT2D eigenvalue weighted by atomic mass is 9.99. The Kier molecular flexibility index (Phi) is 6.90.